The van der Waals surface area contributed by atoms with E-state index in [0.717, 1.165) is 31.0 Å². The smallest absolute Gasteiger partial charge is 0.127 e. The largest absolute Gasteiger partial charge is 0.497 e. The molecule has 21 heavy (non-hydrogen) atoms. The average molecular weight is 292 g/mol. The maximum Gasteiger partial charge on any atom is 0.127 e. The van der Waals surface area contributed by atoms with Crippen LogP contribution in [0.1, 0.15) is 38.3 Å². The molecule has 1 fully saturated rings. The highest BCUT2D eigenvalue weighted by atomic mass is 16.5. The SMILES string of the molecule is COc1ccc(C2C(N)CCCN2CC(C)C)c(OC)c1. The molecule has 1 aliphatic heterocycles. The molecule has 4 nitrogen and oxygen atoms in total. The molecule has 2 N–H and O–H groups in total. The minimum Gasteiger partial charge on any atom is -0.497 e. The van der Waals surface area contributed by atoms with E-state index in [4.69, 9.17) is 15.2 Å². The third-order valence-corrected chi connectivity index (χ3v) is 4.14. The Bertz CT molecular complexity index is 462. The van der Waals surface area contributed by atoms with E-state index in [-0.39, 0.29) is 12.1 Å². The molecular weight excluding hydrogens is 264 g/mol. The Kier molecular flexibility index (Phi) is 5.48. The van der Waals surface area contributed by atoms with Crippen molar-refractivity contribution in [1.82, 2.24) is 4.90 Å². The van der Waals surface area contributed by atoms with Gasteiger partial charge in [-0.2, -0.15) is 0 Å². The van der Waals surface area contributed by atoms with Gasteiger partial charge in [0.2, 0.25) is 0 Å². The van der Waals surface area contributed by atoms with Gasteiger partial charge in [0.05, 0.1) is 20.3 Å². The van der Waals surface area contributed by atoms with Crippen molar-refractivity contribution in [3.63, 3.8) is 0 Å². The van der Waals surface area contributed by atoms with E-state index < -0.39 is 0 Å². The molecule has 2 unspecified atom stereocenters. The third-order valence-electron chi connectivity index (χ3n) is 4.14. The van der Waals surface area contributed by atoms with Gasteiger partial charge in [0, 0.05) is 24.2 Å². The van der Waals surface area contributed by atoms with Crippen LogP contribution in [0, 0.1) is 5.92 Å². The van der Waals surface area contributed by atoms with Gasteiger partial charge in [-0.1, -0.05) is 19.9 Å². The van der Waals surface area contributed by atoms with Gasteiger partial charge in [-0.05, 0) is 31.4 Å². The van der Waals surface area contributed by atoms with Crippen molar-refractivity contribution in [2.75, 3.05) is 27.3 Å². The minimum absolute atomic E-state index is 0.153. The van der Waals surface area contributed by atoms with E-state index >= 15 is 0 Å². The van der Waals surface area contributed by atoms with Crippen LogP contribution in [0.4, 0.5) is 0 Å². The number of methoxy groups -OCH3 is 2. The maximum absolute atomic E-state index is 6.44. The predicted octanol–water partition coefficient (Wildman–Crippen LogP) is 2.82. The minimum atomic E-state index is 0.153. The first kappa shape index (κ1) is 16.1. The Hall–Kier alpha value is -1.26. The lowest BCUT2D eigenvalue weighted by molar-refractivity contribution is 0.112. The molecule has 0 radical (unpaired) electrons. The lowest BCUT2D eigenvalue weighted by atomic mass is 9.89. The van der Waals surface area contributed by atoms with Crippen molar-refractivity contribution in [3.05, 3.63) is 23.8 Å². The zero-order valence-corrected chi connectivity index (χ0v) is 13.6. The van der Waals surface area contributed by atoms with Crippen molar-refractivity contribution < 1.29 is 9.47 Å². The number of rotatable bonds is 5. The number of nitrogens with zero attached hydrogens (tertiary/aromatic N) is 1. The second-order valence-corrected chi connectivity index (χ2v) is 6.25. The van der Waals surface area contributed by atoms with E-state index in [1.165, 1.54) is 12.0 Å². The third kappa shape index (κ3) is 3.69. The second-order valence-electron chi connectivity index (χ2n) is 6.25. The molecule has 1 heterocycles. The van der Waals surface area contributed by atoms with Crippen molar-refractivity contribution in [3.8, 4) is 11.5 Å². The summed E-state index contributed by atoms with van der Waals surface area (Å²) in [6.07, 6.45) is 2.23. The molecule has 1 aliphatic rings. The van der Waals surface area contributed by atoms with Crippen molar-refractivity contribution in [1.29, 1.82) is 0 Å². The van der Waals surface area contributed by atoms with Crippen LogP contribution in [0.15, 0.2) is 18.2 Å². The fraction of sp³-hybridized carbons (Fsp3) is 0.647. The topological polar surface area (TPSA) is 47.7 Å². The van der Waals surface area contributed by atoms with E-state index in [9.17, 15) is 0 Å². The molecule has 0 spiro atoms. The first-order valence-corrected chi connectivity index (χ1v) is 7.78. The van der Waals surface area contributed by atoms with Gasteiger partial charge in [-0.15, -0.1) is 0 Å². The van der Waals surface area contributed by atoms with E-state index in [2.05, 4.69) is 24.8 Å². The van der Waals surface area contributed by atoms with Gasteiger partial charge < -0.3 is 15.2 Å². The standard InChI is InChI=1S/C17H28N2O2/c1-12(2)11-19-9-5-6-15(18)17(19)14-8-7-13(20-3)10-16(14)21-4/h7-8,10,12,15,17H,5-6,9,11,18H2,1-4H3. The number of likely N-dealkylation sites (tertiary alicyclic amines) is 1. The number of benzene rings is 1. The molecular formula is C17H28N2O2. The van der Waals surface area contributed by atoms with Gasteiger partial charge in [0.25, 0.3) is 0 Å². The molecule has 0 aromatic heterocycles. The van der Waals surface area contributed by atoms with Gasteiger partial charge in [0.1, 0.15) is 11.5 Å². The molecule has 4 heteroatoms. The first-order valence-electron chi connectivity index (χ1n) is 7.78. The summed E-state index contributed by atoms with van der Waals surface area (Å²) in [5.41, 5.74) is 7.62. The molecule has 2 atom stereocenters. The monoisotopic (exact) mass is 292 g/mol. The van der Waals surface area contributed by atoms with Crippen LogP contribution in [0.5, 0.6) is 11.5 Å². The van der Waals surface area contributed by atoms with Gasteiger partial charge in [0.15, 0.2) is 0 Å². The van der Waals surface area contributed by atoms with E-state index in [1.54, 1.807) is 14.2 Å². The number of hydrogen-bond donors (Lipinski definition) is 1. The molecule has 0 saturated carbocycles. The van der Waals surface area contributed by atoms with Crippen LogP contribution in [-0.2, 0) is 0 Å². The lowest BCUT2D eigenvalue weighted by Gasteiger charge is -2.41. The van der Waals surface area contributed by atoms with Crippen LogP contribution >= 0.6 is 0 Å². The maximum atomic E-state index is 6.44. The predicted molar refractivity (Wildman–Crippen MR) is 85.9 cm³/mol. The highest BCUT2D eigenvalue weighted by Crippen LogP contribution is 2.37. The normalized spacial score (nSPS) is 23.3. The van der Waals surface area contributed by atoms with Crippen LogP contribution in [0.3, 0.4) is 0 Å². The van der Waals surface area contributed by atoms with E-state index in [0.29, 0.717) is 5.92 Å². The van der Waals surface area contributed by atoms with Crippen LogP contribution in [0.2, 0.25) is 0 Å². The van der Waals surface area contributed by atoms with Crippen molar-refractivity contribution >= 4 is 0 Å². The summed E-state index contributed by atoms with van der Waals surface area (Å²) in [5, 5.41) is 0. The molecule has 1 aromatic carbocycles. The summed E-state index contributed by atoms with van der Waals surface area (Å²) in [6.45, 7) is 6.67. The molecule has 0 aliphatic carbocycles. The molecule has 2 rings (SSSR count). The molecule has 0 amide bonds. The van der Waals surface area contributed by atoms with Crippen LogP contribution < -0.4 is 15.2 Å². The Morgan fingerprint density at radius 1 is 1.29 bits per heavy atom. The van der Waals surface area contributed by atoms with E-state index in [1.807, 2.05) is 12.1 Å². The van der Waals surface area contributed by atoms with Gasteiger partial charge >= 0.3 is 0 Å². The number of ether oxygens (including phenoxy) is 2. The summed E-state index contributed by atoms with van der Waals surface area (Å²) in [5.74, 6) is 2.31. The van der Waals surface area contributed by atoms with Gasteiger partial charge in [-0.3, -0.25) is 4.90 Å². The molecule has 118 valence electrons. The molecule has 1 aromatic rings. The fourth-order valence-electron chi connectivity index (χ4n) is 3.26. The Labute approximate surface area is 128 Å². The average Bonchev–Trinajstić information content (AvgIpc) is 2.46. The Morgan fingerprint density at radius 2 is 2.05 bits per heavy atom. The summed E-state index contributed by atoms with van der Waals surface area (Å²) >= 11 is 0. The molecule has 0 bridgehead atoms. The highest BCUT2D eigenvalue weighted by Gasteiger charge is 2.32. The summed E-state index contributed by atoms with van der Waals surface area (Å²) in [6, 6.07) is 6.42. The fourth-order valence-corrected chi connectivity index (χ4v) is 3.26. The van der Waals surface area contributed by atoms with Crippen molar-refractivity contribution in [2.45, 2.75) is 38.8 Å². The Balaban J connectivity index is 2.34. The van der Waals surface area contributed by atoms with Crippen LogP contribution in [-0.4, -0.2) is 38.3 Å². The second kappa shape index (κ2) is 7.14. The zero-order valence-electron chi connectivity index (χ0n) is 13.6. The van der Waals surface area contributed by atoms with Gasteiger partial charge in [-0.25, -0.2) is 0 Å². The number of hydrogen-bond acceptors (Lipinski definition) is 4. The lowest BCUT2D eigenvalue weighted by Crippen LogP contribution is -2.47. The first-order chi connectivity index (χ1) is 10.1. The van der Waals surface area contributed by atoms with Crippen LogP contribution in [0.25, 0.3) is 0 Å². The quantitative estimate of drug-likeness (QED) is 0.906. The highest BCUT2D eigenvalue weighted by molar-refractivity contribution is 5.43. The zero-order chi connectivity index (χ0) is 15.4. The summed E-state index contributed by atoms with van der Waals surface area (Å²) in [4.78, 5) is 2.50. The molecule has 1 saturated heterocycles. The summed E-state index contributed by atoms with van der Waals surface area (Å²) in [7, 11) is 3.38. The summed E-state index contributed by atoms with van der Waals surface area (Å²) < 4.78 is 10.9. The number of piperidine rings is 1. The Morgan fingerprint density at radius 3 is 2.67 bits per heavy atom. The number of nitrogens with two attached hydrogens (primary N) is 1. The van der Waals surface area contributed by atoms with Crippen molar-refractivity contribution in [2.24, 2.45) is 11.7 Å².